The van der Waals surface area contributed by atoms with Gasteiger partial charge in [0.25, 0.3) is 5.91 Å². The van der Waals surface area contributed by atoms with Crippen molar-refractivity contribution in [2.24, 2.45) is 0 Å². The Balaban J connectivity index is 1.49. The number of hydrogen-bond acceptors (Lipinski definition) is 7. The van der Waals surface area contributed by atoms with E-state index in [-0.39, 0.29) is 11.8 Å². The molecule has 1 aliphatic rings. The lowest BCUT2D eigenvalue weighted by Gasteiger charge is -2.29. The number of nitrogens with one attached hydrogen (secondary N) is 2. The first-order chi connectivity index (χ1) is 16.1. The van der Waals surface area contributed by atoms with E-state index >= 15 is 0 Å². The molecule has 2 amide bonds. The molecule has 0 unspecified atom stereocenters. The van der Waals surface area contributed by atoms with Crippen molar-refractivity contribution in [1.82, 2.24) is 10.3 Å². The Hall–Kier alpha value is -3.17. The molecule has 1 aliphatic heterocycles. The number of carbonyl (C=O) groups is 2. The summed E-state index contributed by atoms with van der Waals surface area (Å²) < 4.78 is 12.0. The lowest BCUT2D eigenvalue weighted by atomic mass is 10.1. The van der Waals surface area contributed by atoms with Gasteiger partial charge in [-0.1, -0.05) is 30.4 Å². The summed E-state index contributed by atoms with van der Waals surface area (Å²) in [6.07, 6.45) is 1.33. The average molecular weight is 469 g/mol. The van der Waals surface area contributed by atoms with Gasteiger partial charge in [-0.3, -0.25) is 14.9 Å². The van der Waals surface area contributed by atoms with Gasteiger partial charge in [0.15, 0.2) is 5.13 Å². The lowest BCUT2D eigenvalue weighted by Crippen LogP contribution is -2.36. The zero-order valence-electron chi connectivity index (χ0n) is 18.8. The van der Waals surface area contributed by atoms with E-state index in [1.54, 1.807) is 19.2 Å². The van der Waals surface area contributed by atoms with Gasteiger partial charge in [0, 0.05) is 31.6 Å². The van der Waals surface area contributed by atoms with Crippen molar-refractivity contribution in [3.05, 3.63) is 47.5 Å². The summed E-state index contributed by atoms with van der Waals surface area (Å²) in [4.78, 5) is 31.4. The van der Waals surface area contributed by atoms with Crippen LogP contribution in [0.2, 0.25) is 0 Å². The molecular formula is C24H28N4O4S. The highest BCUT2D eigenvalue weighted by molar-refractivity contribution is 7.23. The molecule has 1 aromatic heterocycles. The predicted octanol–water partition coefficient (Wildman–Crippen LogP) is 3.81. The van der Waals surface area contributed by atoms with Gasteiger partial charge in [0.05, 0.1) is 30.7 Å². The van der Waals surface area contributed by atoms with E-state index in [2.05, 4.69) is 20.5 Å². The molecule has 4 rings (SSSR count). The van der Waals surface area contributed by atoms with E-state index in [4.69, 9.17) is 9.47 Å². The molecule has 0 atom stereocenters. The Morgan fingerprint density at radius 2 is 1.91 bits per heavy atom. The second-order valence-electron chi connectivity index (χ2n) is 7.76. The van der Waals surface area contributed by atoms with Crippen LogP contribution in [0.4, 0.5) is 10.8 Å². The van der Waals surface area contributed by atoms with E-state index in [0.29, 0.717) is 42.6 Å². The molecule has 0 spiro atoms. The van der Waals surface area contributed by atoms with Crippen molar-refractivity contribution in [2.45, 2.75) is 26.3 Å². The van der Waals surface area contributed by atoms with Gasteiger partial charge >= 0.3 is 0 Å². The van der Waals surface area contributed by atoms with E-state index in [0.717, 1.165) is 41.0 Å². The minimum absolute atomic E-state index is 0.0297. The van der Waals surface area contributed by atoms with Gasteiger partial charge in [0.2, 0.25) is 5.91 Å². The maximum atomic E-state index is 12.8. The van der Waals surface area contributed by atoms with Crippen LogP contribution in [0.15, 0.2) is 36.4 Å². The smallest absolute Gasteiger partial charge is 0.257 e. The third-order valence-electron chi connectivity index (χ3n) is 5.46. The Morgan fingerprint density at radius 1 is 1.15 bits per heavy atom. The molecule has 0 aliphatic carbocycles. The summed E-state index contributed by atoms with van der Waals surface area (Å²) in [6, 6.07) is 11.1. The largest absolute Gasteiger partial charge is 0.494 e. The predicted molar refractivity (Wildman–Crippen MR) is 130 cm³/mol. The molecule has 0 radical (unpaired) electrons. The van der Waals surface area contributed by atoms with E-state index in [1.165, 1.54) is 11.3 Å². The van der Waals surface area contributed by atoms with Gasteiger partial charge in [-0.2, -0.15) is 0 Å². The zero-order chi connectivity index (χ0) is 23.2. The molecule has 0 bridgehead atoms. The highest BCUT2D eigenvalue weighted by atomic mass is 32.1. The Labute approximate surface area is 196 Å². The number of carbonyl (C=O) groups excluding carboxylic acids is 2. The number of rotatable bonds is 8. The normalized spacial score (nSPS) is 13.7. The Kier molecular flexibility index (Phi) is 7.41. The number of amides is 2. The molecule has 3 aromatic rings. The van der Waals surface area contributed by atoms with Gasteiger partial charge < -0.3 is 19.7 Å². The van der Waals surface area contributed by atoms with Gasteiger partial charge in [-0.05, 0) is 36.2 Å². The Morgan fingerprint density at radius 3 is 2.61 bits per heavy atom. The van der Waals surface area contributed by atoms with E-state index < -0.39 is 0 Å². The van der Waals surface area contributed by atoms with Crippen LogP contribution in [-0.2, 0) is 16.1 Å². The SMILES string of the molecule is CCCC(=O)NCc1ccc(C(=O)Nc2nc3c(OC)ccc(N4CCOCC4)c3s2)cc1. The summed E-state index contributed by atoms with van der Waals surface area (Å²) in [7, 11) is 1.62. The number of thiazole rings is 1. The number of benzene rings is 2. The van der Waals surface area contributed by atoms with Gasteiger partial charge in [-0.15, -0.1) is 0 Å². The summed E-state index contributed by atoms with van der Waals surface area (Å²) >= 11 is 1.44. The molecule has 8 nitrogen and oxygen atoms in total. The lowest BCUT2D eigenvalue weighted by molar-refractivity contribution is -0.121. The molecular weight excluding hydrogens is 440 g/mol. The molecule has 1 fully saturated rings. The van der Waals surface area contributed by atoms with Crippen LogP contribution in [0, 0.1) is 0 Å². The first kappa shape index (κ1) is 23.0. The fraction of sp³-hybridized carbons (Fsp3) is 0.375. The topological polar surface area (TPSA) is 92.8 Å². The number of aromatic nitrogens is 1. The monoisotopic (exact) mass is 468 g/mol. The molecule has 2 aromatic carbocycles. The molecule has 2 N–H and O–H groups in total. The maximum absolute atomic E-state index is 12.8. The second kappa shape index (κ2) is 10.6. The molecule has 0 saturated carbocycles. The number of ether oxygens (including phenoxy) is 2. The number of morpholine rings is 1. The van der Waals surface area contributed by atoms with Crippen LogP contribution >= 0.6 is 11.3 Å². The molecule has 9 heteroatoms. The summed E-state index contributed by atoms with van der Waals surface area (Å²) in [5, 5.41) is 6.31. The molecule has 2 heterocycles. The van der Waals surface area contributed by atoms with E-state index in [9.17, 15) is 9.59 Å². The van der Waals surface area contributed by atoms with Crippen LogP contribution in [0.5, 0.6) is 5.75 Å². The van der Waals surface area contributed by atoms with Crippen molar-refractivity contribution in [3.63, 3.8) is 0 Å². The highest BCUT2D eigenvalue weighted by Gasteiger charge is 2.20. The van der Waals surface area contributed by atoms with Crippen molar-refractivity contribution in [2.75, 3.05) is 43.6 Å². The molecule has 1 saturated heterocycles. The maximum Gasteiger partial charge on any atom is 0.257 e. The van der Waals surface area contributed by atoms with Crippen LogP contribution < -0.4 is 20.3 Å². The van der Waals surface area contributed by atoms with Gasteiger partial charge in [-0.25, -0.2) is 4.98 Å². The minimum atomic E-state index is -0.234. The summed E-state index contributed by atoms with van der Waals surface area (Å²) in [5.41, 5.74) is 3.27. The fourth-order valence-electron chi connectivity index (χ4n) is 3.70. The van der Waals surface area contributed by atoms with E-state index in [1.807, 2.05) is 31.2 Å². The van der Waals surface area contributed by atoms with Crippen LogP contribution in [0.1, 0.15) is 35.7 Å². The first-order valence-corrected chi connectivity index (χ1v) is 11.9. The third-order valence-corrected chi connectivity index (χ3v) is 6.45. The quantitative estimate of drug-likeness (QED) is 0.522. The van der Waals surface area contributed by atoms with Crippen molar-refractivity contribution in [3.8, 4) is 5.75 Å². The number of hydrogen-bond donors (Lipinski definition) is 2. The van der Waals surface area contributed by atoms with Crippen molar-refractivity contribution in [1.29, 1.82) is 0 Å². The molecule has 174 valence electrons. The zero-order valence-corrected chi connectivity index (χ0v) is 19.7. The van der Waals surface area contributed by atoms with Crippen LogP contribution in [0.25, 0.3) is 10.2 Å². The number of anilines is 2. The average Bonchev–Trinajstić information content (AvgIpc) is 3.26. The van der Waals surface area contributed by atoms with Gasteiger partial charge in [0.1, 0.15) is 11.3 Å². The molecule has 33 heavy (non-hydrogen) atoms. The minimum Gasteiger partial charge on any atom is -0.494 e. The summed E-state index contributed by atoms with van der Waals surface area (Å²) in [5.74, 6) is 0.470. The number of fused-ring (bicyclic) bond motifs is 1. The van der Waals surface area contributed by atoms with Crippen molar-refractivity contribution >= 4 is 44.2 Å². The number of methoxy groups -OCH3 is 1. The first-order valence-electron chi connectivity index (χ1n) is 11.1. The fourth-order valence-corrected chi connectivity index (χ4v) is 4.72. The summed E-state index contributed by atoms with van der Waals surface area (Å²) in [6.45, 7) is 5.42. The van der Waals surface area contributed by atoms with Crippen molar-refractivity contribution < 1.29 is 19.1 Å². The van der Waals surface area contributed by atoms with Crippen LogP contribution in [-0.4, -0.2) is 50.2 Å². The highest BCUT2D eigenvalue weighted by Crippen LogP contribution is 2.39. The van der Waals surface area contributed by atoms with Crippen LogP contribution in [0.3, 0.4) is 0 Å². The number of nitrogens with zero attached hydrogens (tertiary/aromatic N) is 2. The second-order valence-corrected chi connectivity index (χ2v) is 8.76. The standard InChI is InChI=1S/C24H28N4O4S/c1-3-4-20(29)25-15-16-5-7-17(8-6-16)23(30)27-24-26-21-19(31-2)10-9-18(22(21)33-24)28-11-13-32-14-12-28/h5-10H,3-4,11-15H2,1-2H3,(H,25,29)(H,26,27,30). The Bertz CT molecular complexity index is 1120. The third kappa shape index (κ3) is 5.43.